The monoisotopic (exact) mass is 172 g/mol. The molecule has 1 N–H and O–H groups in total. The number of carbonyl (C=O) groups is 1. The van der Waals surface area contributed by atoms with E-state index in [-0.39, 0.29) is 5.92 Å². The molecule has 0 aliphatic rings. The van der Waals surface area contributed by atoms with Crippen LogP contribution in [0.3, 0.4) is 0 Å². The van der Waals surface area contributed by atoms with Crippen molar-refractivity contribution in [3.63, 3.8) is 0 Å². The summed E-state index contributed by atoms with van der Waals surface area (Å²) >= 11 is 0. The van der Waals surface area contributed by atoms with Crippen molar-refractivity contribution in [2.24, 2.45) is 11.3 Å². The van der Waals surface area contributed by atoms with Gasteiger partial charge in [-0.15, -0.1) is 0 Å². The lowest BCUT2D eigenvalue weighted by molar-refractivity contribution is -0.151. The van der Waals surface area contributed by atoms with E-state index in [4.69, 9.17) is 5.11 Å². The van der Waals surface area contributed by atoms with Gasteiger partial charge >= 0.3 is 5.97 Å². The first-order chi connectivity index (χ1) is 5.49. The van der Waals surface area contributed by atoms with Crippen LogP contribution in [0.1, 0.15) is 47.0 Å². The molecule has 0 aromatic heterocycles. The lowest BCUT2D eigenvalue weighted by Gasteiger charge is -2.30. The molecule has 0 aliphatic heterocycles. The molecule has 0 bridgehead atoms. The Bertz CT molecular complexity index is 154. The first kappa shape index (κ1) is 11.5. The zero-order chi connectivity index (χ0) is 9.78. The average Bonchev–Trinajstić information content (AvgIpc) is 2.03. The van der Waals surface area contributed by atoms with Crippen molar-refractivity contribution < 1.29 is 9.90 Å². The van der Waals surface area contributed by atoms with E-state index >= 15 is 0 Å². The molecule has 0 rings (SSSR count). The van der Waals surface area contributed by atoms with Crippen LogP contribution in [0.4, 0.5) is 0 Å². The molecule has 0 aromatic rings. The van der Waals surface area contributed by atoms with Crippen LogP contribution in [0.25, 0.3) is 0 Å². The fraction of sp³-hybridized carbons (Fsp3) is 0.900. The lowest BCUT2D eigenvalue weighted by atomic mass is 9.73. The summed E-state index contributed by atoms with van der Waals surface area (Å²) < 4.78 is 0. The van der Waals surface area contributed by atoms with Gasteiger partial charge in [-0.05, 0) is 19.3 Å². The van der Waals surface area contributed by atoms with Crippen LogP contribution >= 0.6 is 0 Å². The molecule has 0 spiro atoms. The van der Waals surface area contributed by atoms with Gasteiger partial charge in [0.15, 0.2) is 0 Å². The highest BCUT2D eigenvalue weighted by Gasteiger charge is 2.36. The van der Waals surface area contributed by atoms with Crippen LogP contribution in [0.2, 0.25) is 0 Å². The smallest absolute Gasteiger partial charge is 0.309 e. The quantitative estimate of drug-likeness (QED) is 0.692. The van der Waals surface area contributed by atoms with Crippen molar-refractivity contribution in [2.75, 3.05) is 0 Å². The van der Waals surface area contributed by atoms with E-state index < -0.39 is 11.4 Å². The molecule has 0 fully saturated rings. The SMILES string of the molecule is CCCC(C)(C(=O)O)C(C)CC. The molecule has 0 saturated heterocycles. The van der Waals surface area contributed by atoms with Gasteiger partial charge in [0.1, 0.15) is 0 Å². The molecule has 2 heteroatoms. The molecule has 0 amide bonds. The van der Waals surface area contributed by atoms with Crippen LogP contribution in [-0.4, -0.2) is 11.1 Å². The summed E-state index contributed by atoms with van der Waals surface area (Å²) in [4.78, 5) is 11.0. The van der Waals surface area contributed by atoms with Gasteiger partial charge in [0.2, 0.25) is 0 Å². The summed E-state index contributed by atoms with van der Waals surface area (Å²) in [5.41, 5.74) is -0.524. The number of aliphatic carboxylic acids is 1. The van der Waals surface area contributed by atoms with Crippen LogP contribution in [-0.2, 0) is 4.79 Å². The Morgan fingerprint density at radius 3 is 2.25 bits per heavy atom. The summed E-state index contributed by atoms with van der Waals surface area (Å²) in [6, 6.07) is 0. The Hall–Kier alpha value is -0.530. The van der Waals surface area contributed by atoms with Crippen LogP contribution in [0, 0.1) is 11.3 Å². The fourth-order valence-corrected chi connectivity index (χ4v) is 1.53. The number of hydrogen-bond acceptors (Lipinski definition) is 1. The van der Waals surface area contributed by atoms with Gasteiger partial charge in [0.25, 0.3) is 0 Å². The number of hydrogen-bond donors (Lipinski definition) is 1. The maximum absolute atomic E-state index is 11.0. The van der Waals surface area contributed by atoms with Gasteiger partial charge in [-0.2, -0.15) is 0 Å². The number of carboxylic acids is 1. The van der Waals surface area contributed by atoms with E-state index in [1.54, 1.807) is 0 Å². The zero-order valence-electron chi connectivity index (χ0n) is 8.55. The molecule has 72 valence electrons. The Balaban J connectivity index is 4.48. The maximum Gasteiger partial charge on any atom is 0.309 e. The van der Waals surface area contributed by atoms with E-state index in [2.05, 4.69) is 0 Å². The summed E-state index contributed by atoms with van der Waals surface area (Å²) in [7, 11) is 0. The molecule has 0 aromatic carbocycles. The summed E-state index contributed by atoms with van der Waals surface area (Å²) in [6.45, 7) is 7.95. The van der Waals surface area contributed by atoms with Gasteiger partial charge in [-0.1, -0.05) is 33.6 Å². The fourth-order valence-electron chi connectivity index (χ4n) is 1.53. The molecule has 0 heterocycles. The van der Waals surface area contributed by atoms with Crippen molar-refractivity contribution in [1.29, 1.82) is 0 Å². The topological polar surface area (TPSA) is 37.3 Å². The molecule has 0 aliphatic carbocycles. The van der Waals surface area contributed by atoms with Crippen LogP contribution in [0.5, 0.6) is 0 Å². The Morgan fingerprint density at radius 1 is 1.50 bits per heavy atom. The molecule has 2 unspecified atom stereocenters. The maximum atomic E-state index is 11.0. The highest BCUT2D eigenvalue weighted by Crippen LogP contribution is 2.34. The largest absolute Gasteiger partial charge is 0.481 e. The molecule has 0 radical (unpaired) electrons. The minimum Gasteiger partial charge on any atom is -0.481 e. The highest BCUT2D eigenvalue weighted by atomic mass is 16.4. The number of carboxylic acid groups (broad SMARTS) is 1. The first-order valence-corrected chi connectivity index (χ1v) is 4.72. The summed E-state index contributed by atoms with van der Waals surface area (Å²) in [6.07, 6.45) is 2.65. The zero-order valence-corrected chi connectivity index (χ0v) is 8.55. The van der Waals surface area contributed by atoms with Crippen LogP contribution in [0.15, 0.2) is 0 Å². The second kappa shape index (κ2) is 4.48. The summed E-state index contributed by atoms with van der Waals surface area (Å²) in [5, 5.41) is 9.07. The molecule has 2 nitrogen and oxygen atoms in total. The van der Waals surface area contributed by atoms with Gasteiger partial charge in [0, 0.05) is 0 Å². The van der Waals surface area contributed by atoms with E-state index in [0.717, 1.165) is 19.3 Å². The van der Waals surface area contributed by atoms with E-state index in [1.807, 2.05) is 27.7 Å². The van der Waals surface area contributed by atoms with Crippen LogP contribution < -0.4 is 0 Å². The molecular weight excluding hydrogens is 152 g/mol. The van der Waals surface area contributed by atoms with Gasteiger partial charge in [-0.25, -0.2) is 0 Å². The second-order valence-corrected chi connectivity index (χ2v) is 3.78. The first-order valence-electron chi connectivity index (χ1n) is 4.72. The number of rotatable bonds is 5. The Morgan fingerprint density at radius 2 is 2.00 bits per heavy atom. The van der Waals surface area contributed by atoms with Crippen molar-refractivity contribution >= 4 is 5.97 Å². The van der Waals surface area contributed by atoms with E-state index in [0.29, 0.717) is 0 Å². The molecule has 2 atom stereocenters. The van der Waals surface area contributed by atoms with E-state index in [9.17, 15) is 4.79 Å². The Kier molecular flexibility index (Phi) is 4.29. The van der Waals surface area contributed by atoms with Crippen molar-refractivity contribution in [3.8, 4) is 0 Å². The standard InChI is InChI=1S/C10H20O2/c1-5-7-10(4,9(11)12)8(3)6-2/h8H,5-7H2,1-4H3,(H,11,12). The highest BCUT2D eigenvalue weighted by molar-refractivity contribution is 5.74. The summed E-state index contributed by atoms with van der Waals surface area (Å²) in [5.74, 6) is -0.395. The van der Waals surface area contributed by atoms with E-state index in [1.165, 1.54) is 0 Å². The third-order valence-corrected chi connectivity index (χ3v) is 2.96. The normalized spacial score (nSPS) is 18.3. The Labute approximate surface area is 75.0 Å². The predicted molar refractivity (Wildman–Crippen MR) is 50.1 cm³/mol. The van der Waals surface area contributed by atoms with Gasteiger partial charge in [0.05, 0.1) is 5.41 Å². The molecule has 12 heavy (non-hydrogen) atoms. The minimum atomic E-state index is -0.654. The van der Waals surface area contributed by atoms with Crippen molar-refractivity contribution in [3.05, 3.63) is 0 Å². The van der Waals surface area contributed by atoms with Crippen molar-refractivity contribution in [1.82, 2.24) is 0 Å². The lowest BCUT2D eigenvalue weighted by Crippen LogP contribution is -2.34. The van der Waals surface area contributed by atoms with Crippen molar-refractivity contribution in [2.45, 2.75) is 47.0 Å². The minimum absolute atomic E-state index is 0.259. The molecule has 0 saturated carbocycles. The second-order valence-electron chi connectivity index (χ2n) is 3.78. The predicted octanol–water partition coefficient (Wildman–Crippen LogP) is 2.92. The van der Waals surface area contributed by atoms with Gasteiger partial charge < -0.3 is 5.11 Å². The third-order valence-electron chi connectivity index (χ3n) is 2.96. The van der Waals surface area contributed by atoms with Gasteiger partial charge in [-0.3, -0.25) is 4.79 Å². The average molecular weight is 172 g/mol. The molecular formula is C10H20O2. The third kappa shape index (κ3) is 2.23.